The highest BCUT2D eigenvalue weighted by Crippen LogP contribution is 2.36. The lowest BCUT2D eigenvalue weighted by molar-refractivity contribution is 0.0566. The zero-order valence-corrected chi connectivity index (χ0v) is 23.9. The van der Waals surface area contributed by atoms with Crippen LogP contribution in [0.1, 0.15) is 37.2 Å². The van der Waals surface area contributed by atoms with Crippen molar-refractivity contribution in [2.75, 3.05) is 26.2 Å². The van der Waals surface area contributed by atoms with Gasteiger partial charge in [-0.3, -0.25) is 14.3 Å². The highest BCUT2D eigenvalue weighted by Gasteiger charge is 2.39. The minimum atomic E-state index is -2.80. The van der Waals surface area contributed by atoms with Crippen LogP contribution in [0.5, 0.6) is 5.75 Å². The number of aromatic nitrogens is 4. The molecule has 2 atom stereocenters. The molecule has 3 fully saturated rings. The van der Waals surface area contributed by atoms with Crippen LogP contribution in [0.4, 0.5) is 13.6 Å². The first-order chi connectivity index (χ1) is 20.8. The Kier molecular flexibility index (Phi) is 7.26. The molecule has 2 aromatic heterocycles. The highest BCUT2D eigenvalue weighted by molar-refractivity contribution is 6.30. The molecule has 224 valence electrons. The highest BCUT2D eigenvalue weighted by atomic mass is 35.5. The molecule has 0 bridgehead atoms. The van der Waals surface area contributed by atoms with E-state index in [2.05, 4.69) is 10.00 Å². The summed E-state index contributed by atoms with van der Waals surface area (Å²) in [5, 5.41) is 4.79. The standard InChI is InChI=1S/C30H29ClF2N6O4/c31-20-4-2-18(3-5-20)14-38-27(16-36-7-1-8-36)35-25-11-23(19-13-34-39(15-19)29(32)33)26(12-24(25)28(38)40)43-22-6-9-37-21(10-22)17-42-30(37)41/h2-5,11-13,15,21-22,29H,1,6-10,14,16-17H2/t21-,22-/m0/s1. The van der Waals surface area contributed by atoms with Crippen LogP contribution in [0.15, 0.2) is 53.6 Å². The number of halogens is 3. The molecule has 1 amide bonds. The Bertz CT molecular complexity index is 1740. The lowest BCUT2D eigenvalue weighted by Crippen LogP contribution is -2.44. The first-order valence-corrected chi connectivity index (χ1v) is 14.7. The number of ether oxygens (including phenoxy) is 2. The fraction of sp³-hybridized carbons (Fsp3) is 0.400. The van der Waals surface area contributed by atoms with Crippen molar-refractivity contribution in [3.8, 4) is 16.9 Å². The smallest absolute Gasteiger partial charge is 0.410 e. The number of alkyl halides is 2. The number of fused-ring (bicyclic) bond motifs is 2. The molecule has 5 heterocycles. The summed E-state index contributed by atoms with van der Waals surface area (Å²) in [6.07, 6.45) is 4.22. The van der Waals surface area contributed by atoms with Crippen molar-refractivity contribution in [3.05, 3.63) is 75.6 Å². The van der Waals surface area contributed by atoms with Gasteiger partial charge in [-0.1, -0.05) is 23.7 Å². The van der Waals surface area contributed by atoms with Crippen LogP contribution in [-0.4, -0.2) is 73.6 Å². The van der Waals surface area contributed by atoms with Crippen molar-refractivity contribution < 1.29 is 23.0 Å². The van der Waals surface area contributed by atoms with Crippen molar-refractivity contribution in [3.63, 3.8) is 0 Å². The molecule has 10 nitrogen and oxygen atoms in total. The second kappa shape index (κ2) is 11.2. The topological polar surface area (TPSA) is 94.7 Å². The number of rotatable bonds is 8. The summed E-state index contributed by atoms with van der Waals surface area (Å²) in [6, 6.07) is 10.6. The van der Waals surface area contributed by atoms with E-state index in [-0.39, 0.29) is 23.8 Å². The van der Waals surface area contributed by atoms with Crippen LogP contribution in [0.3, 0.4) is 0 Å². The van der Waals surface area contributed by atoms with E-state index in [0.29, 0.717) is 82.4 Å². The first kappa shape index (κ1) is 27.8. The van der Waals surface area contributed by atoms with Gasteiger partial charge in [-0.05, 0) is 49.3 Å². The third-order valence-electron chi connectivity index (χ3n) is 8.41. The second-order valence-corrected chi connectivity index (χ2v) is 11.7. The van der Waals surface area contributed by atoms with Crippen LogP contribution < -0.4 is 10.3 Å². The third-order valence-corrected chi connectivity index (χ3v) is 8.66. The van der Waals surface area contributed by atoms with Gasteiger partial charge in [0.25, 0.3) is 5.56 Å². The van der Waals surface area contributed by atoms with E-state index < -0.39 is 6.55 Å². The Morgan fingerprint density at radius 3 is 2.63 bits per heavy atom. The Labute approximate surface area is 250 Å². The van der Waals surface area contributed by atoms with Gasteiger partial charge in [0, 0.05) is 41.7 Å². The van der Waals surface area contributed by atoms with Crippen molar-refractivity contribution in [1.29, 1.82) is 0 Å². The van der Waals surface area contributed by atoms with Gasteiger partial charge in [0.2, 0.25) is 0 Å². The predicted molar refractivity (Wildman–Crippen MR) is 154 cm³/mol. The van der Waals surface area contributed by atoms with E-state index in [1.165, 1.54) is 12.4 Å². The molecule has 0 spiro atoms. The van der Waals surface area contributed by atoms with Crippen molar-refractivity contribution in [2.24, 2.45) is 0 Å². The summed E-state index contributed by atoms with van der Waals surface area (Å²) in [6.45, 7) is 0.654. The number of likely N-dealkylation sites (tertiary alicyclic amines) is 1. The predicted octanol–water partition coefficient (Wildman–Crippen LogP) is 4.92. The molecule has 4 aromatic rings. The molecule has 0 aliphatic carbocycles. The molecule has 3 saturated heterocycles. The molecular weight excluding hydrogens is 582 g/mol. The normalized spacial score (nSPS) is 20.4. The SMILES string of the molecule is O=C1OC[C@@H]2C[C@@H](Oc3cc4c(=O)n(Cc5ccc(Cl)cc5)c(CN5CCC5)nc4cc3-c3cnn(C(F)F)c3)CCN12. The van der Waals surface area contributed by atoms with Crippen LogP contribution in [0.25, 0.3) is 22.0 Å². The Morgan fingerprint density at radius 1 is 1.09 bits per heavy atom. The van der Waals surface area contributed by atoms with E-state index in [4.69, 9.17) is 26.1 Å². The molecule has 2 aromatic carbocycles. The van der Waals surface area contributed by atoms with Gasteiger partial charge in [0.1, 0.15) is 24.3 Å². The number of nitrogens with zero attached hydrogens (tertiary/aromatic N) is 6. The molecule has 3 aliphatic rings. The maximum Gasteiger partial charge on any atom is 0.410 e. The number of cyclic esters (lactones) is 1. The summed E-state index contributed by atoms with van der Waals surface area (Å²) in [4.78, 5) is 35.0. The summed E-state index contributed by atoms with van der Waals surface area (Å²) in [5.41, 5.74) is 2.07. The number of hydrogen-bond acceptors (Lipinski definition) is 7. The van der Waals surface area contributed by atoms with E-state index in [1.54, 1.807) is 33.7 Å². The molecule has 7 rings (SSSR count). The summed E-state index contributed by atoms with van der Waals surface area (Å²) >= 11 is 6.09. The second-order valence-electron chi connectivity index (χ2n) is 11.2. The lowest BCUT2D eigenvalue weighted by atomic mass is 10.0. The monoisotopic (exact) mass is 610 g/mol. The van der Waals surface area contributed by atoms with Gasteiger partial charge < -0.3 is 14.4 Å². The molecular formula is C30H29ClF2N6O4. The first-order valence-electron chi connectivity index (χ1n) is 14.3. The quantitative estimate of drug-likeness (QED) is 0.279. The molecule has 43 heavy (non-hydrogen) atoms. The third kappa shape index (κ3) is 5.45. The van der Waals surface area contributed by atoms with Crippen molar-refractivity contribution in [2.45, 2.75) is 51.0 Å². The molecule has 13 heteroatoms. The Morgan fingerprint density at radius 2 is 1.91 bits per heavy atom. The van der Waals surface area contributed by atoms with E-state index >= 15 is 0 Å². The fourth-order valence-corrected chi connectivity index (χ4v) is 6.07. The van der Waals surface area contributed by atoms with Gasteiger partial charge >= 0.3 is 12.6 Å². The average Bonchev–Trinajstić information content (AvgIpc) is 3.61. The number of hydrogen-bond donors (Lipinski definition) is 0. The van der Waals surface area contributed by atoms with Crippen LogP contribution in [-0.2, 0) is 17.8 Å². The lowest BCUT2D eigenvalue weighted by Gasteiger charge is -2.33. The van der Waals surface area contributed by atoms with Gasteiger partial charge in [-0.15, -0.1) is 0 Å². The fourth-order valence-electron chi connectivity index (χ4n) is 5.95. The van der Waals surface area contributed by atoms with E-state index in [9.17, 15) is 18.4 Å². The van der Waals surface area contributed by atoms with Gasteiger partial charge in [0.05, 0.1) is 36.2 Å². The largest absolute Gasteiger partial charge is 0.490 e. The molecule has 0 radical (unpaired) electrons. The van der Waals surface area contributed by atoms with E-state index in [1.807, 2.05) is 12.1 Å². The van der Waals surface area contributed by atoms with Crippen molar-refractivity contribution in [1.82, 2.24) is 29.1 Å². The summed E-state index contributed by atoms with van der Waals surface area (Å²) < 4.78 is 40.8. The van der Waals surface area contributed by atoms with Gasteiger partial charge in [-0.2, -0.15) is 13.9 Å². The Hall–Kier alpha value is -4.03. The zero-order chi connectivity index (χ0) is 29.7. The summed E-state index contributed by atoms with van der Waals surface area (Å²) in [7, 11) is 0. The maximum absolute atomic E-state index is 14.1. The Balaban J connectivity index is 1.32. The van der Waals surface area contributed by atoms with Crippen LogP contribution in [0, 0.1) is 0 Å². The zero-order valence-electron chi connectivity index (χ0n) is 23.2. The molecule has 0 unspecified atom stereocenters. The van der Waals surface area contributed by atoms with Gasteiger partial charge in [-0.25, -0.2) is 14.5 Å². The number of carbonyl (C=O) groups excluding carboxylic acids is 1. The van der Waals surface area contributed by atoms with E-state index in [0.717, 1.165) is 25.1 Å². The number of piperidine rings is 1. The number of carbonyl (C=O) groups is 1. The number of amides is 1. The summed E-state index contributed by atoms with van der Waals surface area (Å²) in [5.74, 6) is 0.991. The van der Waals surface area contributed by atoms with Crippen LogP contribution >= 0.6 is 11.6 Å². The van der Waals surface area contributed by atoms with Crippen LogP contribution in [0.2, 0.25) is 5.02 Å². The minimum absolute atomic E-state index is 0.0981. The van der Waals surface area contributed by atoms with Gasteiger partial charge in [0.15, 0.2) is 0 Å². The number of benzene rings is 2. The minimum Gasteiger partial charge on any atom is -0.490 e. The molecule has 0 N–H and O–H groups in total. The van der Waals surface area contributed by atoms with Crippen molar-refractivity contribution >= 4 is 28.6 Å². The molecule has 3 aliphatic heterocycles. The molecule has 0 saturated carbocycles. The average molecular weight is 611 g/mol. The maximum atomic E-state index is 14.1.